The first-order valence-corrected chi connectivity index (χ1v) is 9.67. The summed E-state index contributed by atoms with van der Waals surface area (Å²) in [7, 11) is 0. The highest BCUT2D eigenvalue weighted by Crippen LogP contribution is 2.24. The Morgan fingerprint density at radius 1 is 1.15 bits per heavy atom. The zero-order valence-electron chi connectivity index (χ0n) is 14.6. The van der Waals surface area contributed by atoms with Crippen LogP contribution >= 0.6 is 15.9 Å². The Balaban J connectivity index is 1.41. The van der Waals surface area contributed by atoms with Crippen LogP contribution in [0.3, 0.4) is 0 Å². The molecule has 1 fully saturated rings. The van der Waals surface area contributed by atoms with Crippen LogP contribution in [0, 0.1) is 5.92 Å². The summed E-state index contributed by atoms with van der Waals surface area (Å²) in [5.41, 5.74) is 1.51. The van der Waals surface area contributed by atoms with Crippen LogP contribution in [0.25, 0.3) is 11.5 Å². The van der Waals surface area contributed by atoms with Gasteiger partial charge in [0.2, 0.25) is 5.91 Å². The van der Waals surface area contributed by atoms with Crippen molar-refractivity contribution in [3.05, 3.63) is 59.3 Å². The van der Waals surface area contributed by atoms with Gasteiger partial charge in [-0.05, 0) is 61.4 Å². The van der Waals surface area contributed by atoms with Crippen LogP contribution in [-0.2, 0) is 4.79 Å². The summed E-state index contributed by atoms with van der Waals surface area (Å²) >= 11 is 3.40. The molecule has 6 nitrogen and oxygen atoms in total. The molecule has 27 heavy (non-hydrogen) atoms. The number of nitrogens with zero attached hydrogens (tertiary/aromatic N) is 3. The van der Waals surface area contributed by atoms with Gasteiger partial charge in [0.05, 0.1) is 12.2 Å². The molecule has 0 aliphatic carbocycles. The SMILES string of the molecule is O=C(Nc1ccc(Br)cc1)C1CCCN(c2ccc(-c3ccco3)nn2)C1. The number of carbonyl (C=O) groups excluding carboxylic acids is 1. The van der Waals surface area contributed by atoms with Crippen LogP contribution in [-0.4, -0.2) is 29.2 Å². The number of halogens is 1. The fourth-order valence-corrected chi connectivity index (χ4v) is 3.49. The summed E-state index contributed by atoms with van der Waals surface area (Å²) in [4.78, 5) is 14.8. The number of hydrogen-bond acceptors (Lipinski definition) is 5. The van der Waals surface area contributed by atoms with Crippen molar-refractivity contribution in [2.75, 3.05) is 23.3 Å². The largest absolute Gasteiger partial charge is 0.463 e. The van der Waals surface area contributed by atoms with Crippen molar-refractivity contribution in [2.45, 2.75) is 12.8 Å². The molecule has 1 aliphatic rings. The van der Waals surface area contributed by atoms with Crippen LogP contribution in [0.1, 0.15) is 12.8 Å². The van der Waals surface area contributed by atoms with Crippen LogP contribution in [0.4, 0.5) is 11.5 Å². The van der Waals surface area contributed by atoms with Crippen LogP contribution in [0.15, 0.2) is 63.7 Å². The van der Waals surface area contributed by atoms with Gasteiger partial charge in [0.25, 0.3) is 0 Å². The van der Waals surface area contributed by atoms with Crippen molar-refractivity contribution >= 4 is 33.3 Å². The van der Waals surface area contributed by atoms with E-state index in [1.807, 2.05) is 48.5 Å². The molecule has 4 rings (SSSR count). The zero-order chi connectivity index (χ0) is 18.6. The lowest BCUT2D eigenvalue weighted by Crippen LogP contribution is -2.41. The predicted molar refractivity (Wildman–Crippen MR) is 107 cm³/mol. The maximum atomic E-state index is 12.6. The summed E-state index contributed by atoms with van der Waals surface area (Å²) in [6, 6.07) is 15.1. The van der Waals surface area contributed by atoms with E-state index >= 15 is 0 Å². The summed E-state index contributed by atoms with van der Waals surface area (Å²) < 4.78 is 6.33. The summed E-state index contributed by atoms with van der Waals surface area (Å²) in [6.07, 6.45) is 3.43. The number of piperidine rings is 1. The second-order valence-corrected chi connectivity index (χ2v) is 7.45. The molecule has 1 atom stereocenters. The molecule has 0 saturated carbocycles. The number of rotatable bonds is 4. The van der Waals surface area contributed by atoms with Gasteiger partial charge in [-0.25, -0.2) is 0 Å². The Bertz CT molecular complexity index is 895. The number of nitrogens with one attached hydrogen (secondary N) is 1. The molecule has 1 aromatic carbocycles. The maximum absolute atomic E-state index is 12.6. The first kappa shape index (κ1) is 17.7. The van der Waals surface area contributed by atoms with Crippen LogP contribution in [0.2, 0.25) is 0 Å². The molecule has 1 N–H and O–H groups in total. The van der Waals surface area contributed by atoms with Crippen molar-refractivity contribution < 1.29 is 9.21 Å². The molecule has 3 heterocycles. The van der Waals surface area contributed by atoms with E-state index in [0.29, 0.717) is 18.0 Å². The second kappa shape index (κ2) is 7.92. The van der Waals surface area contributed by atoms with Crippen molar-refractivity contribution in [3.8, 4) is 11.5 Å². The standard InChI is InChI=1S/C20H19BrN4O2/c21-15-5-7-16(8-6-15)22-20(26)14-3-1-11-25(13-14)19-10-9-17(23-24-19)18-4-2-12-27-18/h2,4-10,12,14H,1,3,11,13H2,(H,22,26). The monoisotopic (exact) mass is 426 g/mol. The predicted octanol–water partition coefficient (Wildman–Crippen LogP) is 4.35. The molecule has 1 unspecified atom stereocenters. The van der Waals surface area contributed by atoms with E-state index in [2.05, 4.69) is 36.3 Å². The molecule has 1 aliphatic heterocycles. The minimum absolute atomic E-state index is 0.0437. The molecule has 0 spiro atoms. The minimum atomic E-state index is -0.0750. The van der Waals surface area contributed by atoms with Crippen molar-refractivity contribution in [3.63, 3.8) is 0 Å². The van der Waals surface area contributed by atoms with E-state index in [9.17, 15) is 4.79 Å². The topological polar surface area (TPSA) is 71.3 Å². The van der Waals surface area contributed by atoms with Crippen molar-refractivity contribution in [2.24, 2.45) is 5.92 Å². The lowest BCUT2D eigenvalue weighted by molar-refractivity contribution is -0.120. The third-order valence-electron chi connectivity index (χ3n) is 4.65. The summed E-state index contributed by atoms with van der Waals surface area (Å²) in [5.74, 6) is 1.45. The van der Waals surface area contributed by atoms with Gasteiger partial charge in [0.1, 0.15) is 5.69 Å². The fourth-order valence-electron chi connectivity index (χ4n) is 3.23. The third-order valence-corrected chi connectivity index (χ3v) is 5.18. The number of benzene rings is 1. The van der Waals surface area contributed by atoms with Crippen LogP contribution < -0.4 is 10.2 Å². The highest BCUT2D eigenvalue weighted by Gasteiger charge is 2.27. The number of furan rings is 1. The maximum Gasteiger partial charge on any atom is 0.229 e. The molecule has 2 aromatic heterocycles. The van der Waals surface area contributed by atoms with Gasteiger partial charge in [-0.1, -0.05) is 15.9 Å². The Labute approximate surface area is 165 Å². The lowest BCUT2D eigenvalue weighted by atomic mass is 9.97. The third kappa shape index (κ3) is 4.19. The molecular weight excluding hydrogens is 408 g/mol. The molecule has 0 radical (unpaired) electrons. The lowest BCUT2D eigenvalue weighted by Gasteiger charge is -2.32. The van der Waals surface area contributed by atoms with E-state index in [4.69, 9.17) is 4.42 Å². The van der Waals surface area contributed by atoms with Gasteiger partial charge in [0, 0.05) is 23.2 Å². The highest BCUT2D eigenvalue weighted by molar-refractivity contribution is 9.10. The zero-order valence-corrected chi connectivity index (χ0v) is 16.2. The number of carbonyl (C=O) groups is 1. The summed E-state index contributed by atoms with van der Waals surface area (Å²) in [5, 5.41) is 11.6. The molecule has 3 aromatic rings. The highest BCUT2D eigenvalue weighted by atomic mass is 79.9. The van der Waals surface area contributed by atoms with Gasteiger partial charge >= 0.3 is 0 Å². The van der Waals surface area contributed by atoms with E-state index in [1.54, 1.807) is 6.26 Å². The van der Waals surface area contributed by atoms with E-state index in [0.717, 1.165) is 35.4 Å². The normalized spacial score (nSPS) is 16.9. The Hall–Kier alpha value is -2.67. The average molecular weight is 427 g/mol. The van der Waals surface area contributed by atoms with Crippen molar-refractivity contribution in [1.29, 1.82) is 0 Å². The second-order valence-electron chi connectivity index (χ2n) is 6.54. The van der Waals surface area contributed by atoms with E-state index in [-0.39, 0.29) is 11.8 Å². The Morgan fingerprint density at radius 2 is 2.00 bits per heavy atom. The molecule has 138 valence electrons. The van der Waals surface area contributed by atoms with Gasteiger partial charge in [-0.2, -0.15) is 0 Å². The molecule has 7 heteroatoms. The van der Waals surface area contributed by atoms with Gasteiger partial charge in [-0.3, -0.25) is 4.79 Å². The minimum Gasteiger partial charge on any atom is -0.463 e. The summed E-state index contributed by atoms with van der Waals surface area (Å²) in [6.45, 7) is 1.51. The molecule has 1 saturated heterocycles. The molecular formula is C20H19BrN4O2. The first-order chi connectivity index (χ1) is 13.2. The van der Waals surface area contributed by atoms with Gasteiger partial charge < -0.3 is 14.6 Å². The van der Waals surface area contributed by atoms with Crippen LogP contribution in [0.5, 0.6) is 0 Å². The van der Waals surface area contributed by atoms with Gasteiger partial charge in [-0.15, -0.1) is 10.2 Å². The quantitative estimate of drug-likeness (QED) is 0.670. The van der Waals surface area contributed by atoms with E-state index < -0.39 is 0 Å². The van der Waals surface area contributed by atoms with E-state index in [1.165, 1.54) is 0 Å². The average Bonchev–Trinajstić information content (AvgIpc) is 3.25. The first-order valence-electron chi connectivity index (χ1n) is 8.88. The van der Waals surface area contributed by atoms with Gasteiger partial charge in [0.15, 0.2) is 11.6 Å². The molecule has 1 amide bonds. The number of aromatic nitrogens is 2. The number of hydrogen-bond donors (Lipinski definition) is 1. The fraction of sp³-hybridized carbons (Fsp3) is 0.250. The molecule has 0 bridgehead atoms. The Kier molecular flexibility index (Phi) is 5.20. The number of anilines is 2. The number of amides is 1. The smallest absolute Gasteiger partial charge is 0.229 e. The van der Waals surface area contributed by atoms with Crippen molar-refractivity contribution in [1.82, 2.24) is 10.2 Å². The Morgan fingerprint density at radius 3 is 2.70 bits per heavy atom.